The summed E-state index contributed by atoms with van der Waals surface area (Å²) in [4.78, 5) is 2.25. The maximum Gasteiger partial charge on any atom is 0.124 e. The average molecular weight is 265 g/mol. The van der Waals surface area contributed by atoms with Crippen molar-refractivity contribution in [2.75, 3.05) is 26.3 Å². The van der Waals surface area contributed by atoms with Gasteiger partial charge in [0.1, 0.15) is 24.2 Å². The minimum absolute atomic E-state index is 0.0147. The van der Waals surface area contributed by atoms with Crippen LogP contribution in [0.3, 0.4) is 0 Å². The Hall–Kier alpha value is -1.26. The Labute approximate surface area is 114 Å². The fourth-order valence-electron chi connectivity index (χ4n) is 2.68. The van der Waals surface area contributed by atoms with Crippen molar-refractivity contribution < 1.29 is 14.6 Å². The van der Waals surface area contributed by atoms with E-state index in [1.54, 1.807) is 0 Å². The minimum atomic E-state index is -0.496. The SMILES string of the molecule is CCOc1ccc2c(c1)C(N(CC)CC)C(O)CO2. The van der Waals surface area contributed by atoms with Gasteiger partial charge in [-0.15, -0.1) is 0 Å². The Kier molecular flexibility index (Phi) is 4.66. The summed E-state index contributed by atoms with van der Waals surface area (Å²) in [7, 11) is 0. The van der Waals surface area contributed by atoms with Gasteiger partial charge in [-0.25, -0.2) is 0 Å². The van der Waals surface area contributed by atoms with Crippen molar-refractivity contribution in [2.24, 2.45) is 0 Å². The molecule has 0 aromatic heterocycles. The second-order valence-electron chi connectivity index (χ2n) is 4.68. The van der Waals surface area contributed by atoms with E-state index in [0.717, 1.165) is 30.2 Å². The molecule has 0 spiro atoms. The van der Waals surface area contributed by atoms with E-state index < -0.39 is 6.10 Å². The van der Waals surface area contributed by atoms with Crippen LogP contribution in [-0.2, 0) is 0 Å². The Morgan fingerprint density at radius 3 is 2.68 bits per heavy atom. The summed E-state index contributed by atoms with van der Waals surface area (Å²) in [6.07, 6.45) is -0.496. The van der Waals surface area contributed by atoms with Crippen molar-refractivity contribution in [2.45, 2.75) is 32.9 Å². The number of ether oxygens (including phenoxy) is 2. The number of hydrogen-bond donors (Lipinski definition) is 1. The van der Waals surface area contributed by atoms with Crippen LogP contribution in [0.15, 0.2) is 18.2 Å². The number of hydrogen-bond acceptors (Lipinski definition) is 4. The van der Waals surface area contributed by atoms with Gasteiger partial charge < -0.3 is 14.6 Å². The van der Waals surface area contributed by atoms with Crippen LogP contribution in [0.4, 0.5) is 0 Å². The van der Waals surface area contributed by atoms with Gasteiger partial charge in [-0.2, -0.15) is 0 Å². The fourth-order valence-corrected chi connectivity index (χ4v) is 2.68. The molecule has 2 unspecified atom stereocenters. The number of nitrogens with zero attached hydrogens (tertiary/aromatic N) is 1. The number of benzene rings is 1. The summed E-state index contributed by atoms with van der Waals surface area (Å²) >= 11 is 0. The van der Waals surface area contributed by atoms with Crippen LogP contribution in [0.25, 0.3) is 0 Å². The highest BCUT2D eigenvalue weighted by molar-refractivity contribution is 5.44. The summed E-state index contributed by atoms with van der Waals surface area (Å²) in [6, 6.07) is 5.82. The lowest BCUT2D eigenvalue weighted by molar-refractivity contribution is 0.00352. The van der Waals surface area contributed by atoms with Crippen molar-refractivity contribution in [3.05, 3.63) is 23.8 Å². The predicted molar refractivity (Wildman–Crippen MR) is 74.8 cm³/mol. The topological polar surface area (TPSA) is 41.9 Å². The monoisotopic (exact) mass is 265 g/mol. The third kappa shape index (κ3) is 2.85. The molecular weight excluding hydrogens is 242 g/mol. The molecular formula is C15H23NO3. The number of fused-ring (bicyclic) bond motifs is 1. The molecule has 0 radical (unpaired) electrons. The highest BCUT2D eigenvalue weighted by Crippen LogP contribution is 2.38. The Morgan fingerprint density at radius 2 is 2.05 bits per heavy atom. The van der Waals surface area contributed by atoms with Gasteiger partial charge in [0.15, 0.2) is 0 Å². The van der Waals surface area contributed by atoms with Crippen LogP contribution < -0.4 is 9.47 Å². The summed E-state index contributed by atoms with van der Waals surface area (Å²) in [5, 5.41) is 10.3. The number of rotatable bonds is 5. The van der Waals surface area contributed by atoms with E-state index in [9.17, 15) is 5.11 Å². The Balaban J connectivity index is 2.37. The van der Waals surface area contributed by atoms with Crippen molar-refractivity contribution in [3.63, 3.8) is 0 Å². The van der Waals surface area contributed by atoms with Gasteiger partial charge in [-0.05, 0) is 38.2 Å². The number of likely N-dealkylation sites (N-methyl/N-ethyl adjacent to an activating group) is 1. The molecule has 1 aliphatic heterocycles. The molecule has 0 aliphatic carbocycles. The molecule has 1 heterocycles. The van der Waals surface area contributed by atoms with E-state index in [4.69, 9.17) is 9.47 Å². The van der Waals surface area contributed by atoms with Crippen molar-refractivity contribution >= 4 is 0 Å². The second kappa shape index (κ2) is 6.26. The molecule has 2 rings (SSSR count). The number of aliphatic hydroxyl groups excluding tert-OH is 1. The maximum atomic E-state index is 10.3. The molecule has 2 atom stereocenters. The minimum Gasteiger partial charge on any atom is -0.494 e. The third-order valence-corrected chi connectivity index (χ3v) is 3.59. The molecule has 0 saturated carbocycles. The molecule has 0 fully saturated rings. The predicted octanol–water partition coefficient (Wildman–Crippen LogP) is 2.22. The first kappa shape index (κ1) is 14.2. The zero-order valence-corrected chi connectivity index (χ0v) is 11.9. The van der Waals surface area contributed by atoms with Gasteiger partial charge in [0, 0.05) is 5.56 Å². The van der Waals surface area contributed by atoms with E-state index in [0.29, 0.717) is 13.2 Å². The lowest BCUT2D eigenvalue weighted by Gasteiger charge is -2.37. The summed E-state index contributed by atoms with van der Waals surface area (Å²) in [5.41, 5.74) is 1.02. The smallest absolute Gasteiger partial charge is 0.124 e. The zero-order valence-electron chi connectivity index (χ0n) is 11.9. The molecule has 1 N–H and O–H groups in total. The molecule has 0 bridgehead atoms. The Bertz CT molecular complexity index is 418. The molecule has 0 saturated heterocycles. The van der Waals surface area contributed by atoms with Crippen LogP contribution in [0.1, 0.15) is 32.4 Å². The highest BCUT2D eigenvalue weighted by Gasteiger charge is 2.33. The van der Waals surface area contributed by atoms with Gasteiger partial charge in [-0.3, -0.25) is 4.90 Å². The van der Waals surface area contributed by atoms with E-state index >= 15 is 0 Å². The van der Waals surface area contributed by atoms with Crippen LogP contribution in [0.2, 0.25) is 0 Å². The standard InChI is InChI=1S/C15H23NO3/c1-4-16(5-2)15-12-9-11(18-6-3)7-8-14(12)19-10-13(15)17/h7-9,13,15,17H,4-6,10H2,1-3H3. The maximum absolute atomic E-state index is 10.3. The largest absolute Gasteiger partial charge is 0.494 e. The lowest BCUT2D eigenvalue weighted by atomic mass is 9.96. The van der Waals surface area contributed by atoms with E-state index in [2.05, 4.69) is 18.7 Å². The molecule has 1 aromatic carbocycles. The van der Waals surface area contributed by atoms with Crippen LogP contribution >= 0.6 is 0 Å². The zero-order chi connectivity index (χ0) is 13.8. The first-order chi connectivity index (χ1) is 9.21. The molecule has 19 heavy (non-hydrogen) atoms. The highest BCUT2D eigenvalue weighted by atomic mass is 16.5. The normalized spacial score (nSPS) is 21.9. The molecule has 4 nitrogen and oxygen atoms in total. The molecule has 106 valence electrons. The van der Waals surface area contributed by atoms with Gasteiger partial charge >= 0.3 is 0 Å². The van der Waals surface area contributed by atoms with Crippen LogP contribution in [0, 0.1) is 0 Å². The van der Waals surface area contributed by atoms with Crippen LogP contribution in [-0.4, -0.2) is 42.4 Å². The van der Waals surface area contributed by atoms with Crippen molar-refractivity contribution in [3.8, 4) is 11.5 Å². The second-order valence-corrected chi connectivity index (χ2v) is 4.68. The average Bonchev–Trinajstić information content (AvgIpc) is 2.43. The van der Waals surface area contributed by atoms with Crippen LogP contribution in [0.5, 0.6) is 11.5 Å². The third-order valence-electron chi connectivity index (χ3n) is 3.59. The van der Waals surface area contributed by atoms with E-state index in [-0.39, 0.29) is 6.04 Å². The summed E-state index contributed by atoms with van der Waals surface area (Å²) in [6.45, 7) is 8.97. The lowest BCUT2D eigenvalue weighted by Crippen LogP contribution is -2.42. The molecule has 1 aromatic rings. The van der Waals surface area contributed by atoms with E-state index in [1.807, 2.05) is 25.1 Å². The summed E-state index contributed by atoms with van der Waals surface area (Å²) < 4.78 is 11.2. The summed E-state index contributed by atoms with van der Waals surface area (Å²) in [5.74, 6) is 1.68. The first-order valence-corrected chi connectivity index (χ1v) is 7.02. The van der Waals surface area contributed by atoms with Crippen molar-refractivity contribution in [1.29, 1.82) is 0 Å². The van der Waals surface area contributed by atoms with Gasteiger partial charge in [0.25, 0.3) is 0 Å². The molecule has 0 amide bonds. The Morgan fingerprint density at radius 1 is 1.32 bits per heavy atom. The van der Waals surface area contributed by atoms with Gasteiger partial charge in [0.05, 0.1) is 12.6 Å². The molecule has 4 heteroatoms. The number of aliphatic hydroxyl groups is 1. The quantitative estimate of drug-likeness (QED) is 0.886. The van der Waals surface area contributed by atoms with Gasteiger partial charge in [0.2, 0.25) is 0 Å². The van der Waals surface area contributed by atoms with Crippen molar-refractivity contribution in [1.82, 2.24) is 4.90 Å². The van der Waals surface area contributed by atoms with Gasteiger partial charge in [-0.1, -0.05) is 13.8 Å². The molecule has 1 aliphatic rings. The fraction of sp³-hybridized carbons (Fsp3) is 0.600. The first-order valence-electron chi connectivity index (χ1n) is 7.02. The van der Waals surface area contributed by atoms with E-state index in [1.165, 1.54) is 0 Å².